The van der Waals surface area contributed by atoms with Crippen molar-refractivity contribution in [2.24, 2.45) is 0 Å². The van der Waals surface area contributed by atoms with E-state index in [1.165, 1.54) is 18.2 Å². The van der Waals surface area contributed by atoms with Gasteiger partial charge in [0.2, 0.25) is 15.9 Å². The van der Waals surface area contributed by atoms with Gasteiger partial charge >= 0.3 is 0 Å². The van der Waals surface area contributed by atoms with Crippen LogP contribution in [0.3, 0.4) is 0 Å². The predicted molar refractivity (Wildman–Crippen MR) is 110 cm³/mol. The summed E-state index contributed by atoms with van der Waals surface area (Å²) in [6, 6.07) is 10.9. The third-order valence-corrected chi connectivity index (χ3v) is 5.89. The number of benzene rings is 2. The first-order valence-electron chi connectivity index (χ1n) is 9.27. The van der Waals surface area contributed by atoms with Crippen LogP contribution in [-0.4, -0.2) is 32.7 Å². The molecule has 0 radical (unpaired) electrons. The monoisotopic (exact) mass is 420 g/mol. The normalized spacial score (nSPS) is 17.8. The smallest absolute Gasteiger partial charge is 0.241 e. The molecule has 156 valence electrons. The molecule has 1 atom stereocenters. The number of ether oxygens (including phenoxy) is 1. The van der Waals surface area contributed by atoms with Crippen molar-refractivity contribution in [3.05, 3.63) is 59.4 Å². The first-order chi connectivity index (χ1) is 13.5. The van der Waals surface area contributed by atoms with Crippen LogP contribution in [0, 0.1) is 12.7 Å². The Morgan fingerprint density at radius 3 is 2.62 bits per heavy atom. The molecule has 6 nitrogen and oxygen atoms in total. The first-order valence-corrected chi connectivity index (χ1v) is 11.1. The van der Waals surface area contributed by atoms with E-state index in [1.807, 2.05) is 39.0 Å². The number of hydrogen-bond donors (Lipinski definition) is 1. The van der Waals surface area contributed by atoms with Crippen LogP contribution < -0.4 is 14.4 Å². The van der Waals surface area contributed by atoms with Gasteiger partial charge in [0.05, 0.1) is 18.0 Å². The summed E-state index contributed by atoms with van der Waals surface area (Å²) in [5, 5.41) is 2.90. The summed E-state index contributed by atoms with van der Waals surface area (Å²) >= 11 is 0. The number of halogens is 1. The molecule has 0 bridgehead atoms. The highest BCUT2D eigenvalue weighted by Gasteiger charge is 2.35. The molecule has 0 unspecified atom stereocenters. The number of para-hydroxylation sites is 1. The van der Waals surface area contributed by atoms with Crippen molar-refractivity contribution in [2.45, 2.75) is 38.8 Å². The summed E-state index contributed by atoms with van der Waals surface area (Å²) in [5.74, 6) is -0.543. The lowest BCUT2D eigenvalue weighted by Gasteiger charge is -2.38. The molecule has 1 amide bonds. The van der Waals surface area contributed by atoms with E-state index in [-0.39, 0.29) is 11.7 Å². The minimum absolute atomic E-state index is 0.159. The minimum atomic E-state index is -3.86. The Hall–Kier alpha value is -2.61. The van der Waals surface area contributed by atoms with Gasteiger partial charge in [-0.1, -0.05) is 29.8 Å². The summed E-state index contributed by atoms with van der Waals surface area (Å²) in [7, 11) is -3.86. The molecule has 2 aromatic rings. The number of nitrogens with one attached hydrogen (secondary N) is 1. The molecule has 2 aromatic carbocycles. The number of nitrogens with zero attached hydrogens (tertiary/aromatic N) is 1. The van der Waals surface area contributed by atoms with Crippen LogP contribution in [0.15, 0.2) is 42.5 Å². The molecule has 0 spiro atoms. The topological polar surface area (TPSA) is 75.7 Å². The molecule has 0 fully saturated rings. The fourth-order valence-electron chi connectivity index (χ4n) is 3.51. The maximum Gasteiger partial charge on any atom is 0.241 e. The third kappa shape index (κ3) is 4.87. The van der Waals surface area contributed by atoms with Gasteiger partial charge in [-0.15, -0.1) is 0 Å². The lowest BCUT2D eigenvalue weighted by Crippen LogP contribution is -2.45. The SMILES string of the molecule is Cc1ccc2c(c1)[C@@H](NC(=O)CN(c1ccccc1F)S(C)(=O)=O)CC(C)(C)O2. The number of carbonyl (C=O) groups is 1. The maximum atomic E-state index is 14.2. The van der Waals surface area contributed by atoms with E-state index in [2.05, 4.69) is 5.32 Å². The minimum Gasteiger partial charge on any atom is -0.487 e. The fourth-order valence-corrected chi connectivity index (χ4v) is 4.37. The second kappa shape index (κ2) is 7.67. The van der Waals surface area contributed by atoms with E-state index >= 15 is 0 Å². The van der Waals surface area contributed by atoms with Gasteiger partial charge in [-0.3, -0.25) is 9.10 Å². The molecule has 1 N–H and O–H groups in total. The van der Waals surface area contributed by atoms with Gasteiger partial charge < -0.3 is 10.1 Å². The summed E-state index contributed by atoms with van der Waals surface area (Å²) in [6.07, 6.45) is 1.47. The number of aryl methyl sites for hydroxylation is 1. The van der Waals surface area contributed by atoms with E-state index in [9.17, 15) is 17.6 Å². The van der Waals surface area contributed by atoms with Crippen LogP contribution >= 0.6 is 0 Å². The summed E-state index contributed by atoms with van der Waals surface area (Å²) in [6.45, 7) is 5.29. The van der Waals surface area contributed by atoms with Crippen molar-refractivity contribution in [1.29, 1.82) is 0 Å². The molecule has 0 saturated carbocycles. The molecule has 1 heterocycles. The zero-order valence-electron chi connectivity index (χ0n) is 16.9. The Balaban J connectivity index is 1.86. The Morgan fingerprint density at radius 2 is 1.97 bits per heavy atom. The number of amides is 1. The number of anilines is 1. The van der Waals surface area contributed by atoms with Crippen molar-refractivity contribution < 1.29 is 22.3 Å². The van der Waals surface area contributed by atoms with Gasteiger partial charge in [-0.05, 0) is 39.0 Å². The molecule has 1 aliphatic rings. The highest BCUT2D eigenvalue weighted by molar-refractivity contribution is 7.92. The van der Waals surface area contributed by atoms with E-state index in [4.69, 9.17) is 4.74 Å². The van der Waals surface area contributed by atoms with Crippen molar-refractivity contribution in [3.63, 3.8) is 0 Å². The van der Waals surface area contributed by atoms with Crippen molar-refractivity contribution in [2.75, 3.05) is 17.1 Å². The molecule has 1 aliphatic heterocycles. The van der Waals surface area contributed by atoms with Gasteiger partial charge in [0, 0.05) is 12.0 Å². The van der Waals surface area contributed by atoms with Crippen LogP contribution in [0.25, 0.3) is 0 Å². The van der Waals surface area contributed by atoms with E-state index < -0.39 is 33.9 Å². The van der Waals surface area contributed by atoms with Crippen LogP contribution in [0.5, 0.6) is 5.75 Å². The van der Waals surface area contributed by atoms with Crippen LogP contribution in [-0.2, 0) is 14.8 Å². The number of carbonyl (C=O) groups excluding carboxylic acids is 1. The summed E-state index contributed by atoms with van der Waals surface area (Å²) < 4.78 is 45.4. The molecule has 3 rings (SSSR count). The van der Waals surface area contributed by atoms with Gasteiger partial charge in [0.15, 0.2) is 0 Å². The molecular weight excluding hydrogens is 395 g/mol. The van der Waals surface area contributed by atoms with Crippen LogP contribution in [0.2, 0.25) is 0 Å². The van der Waals surface area contributed by atoms with E-state index in [0.29, 0.717) is 12.2 Å². The lowest BCUT2D eigenvalue weighted by atomic mass is 9.89. The zero-order chi connectivity index (χ0) is 21.4. The number of rotatable bonds is 5. The molecule has 29 heavy (non-hydrogen) atoms. The fraction of sp³-hybridized carbons (Fsp3) is 0.381. The maximum absolute atomic E-state index is 14.2. The standard InChI is InChI=1S/C21H25FN2O4S/c1-14-9-10-19-15(11-14)17(12-21(2,3)28-19)23-20(25)13-24(29(4,26)27)18-8-6-5-7-16(18)22/h5-11,17H,12-13H2,1-4H3,(H,23,25)/t17-/m0/s1. The Kier molecular flexibility index (Phi) is 5.58. The number of sulfonamides is 1. The highest BCUT2D eigenvalue weighted by atomic mass is 32.2. The average Bonchev–Trinajstić information content (AvgIpc) is 2.59. The average molecular weight is 421 g/mol. The van der Waals surface area contributed by atoms with E-state index in [0.717, 1.165) is 27.8 Å². The molecular formula is C21H25FN2O4S. The lowest BCUT2D eigenvalue weighted by molar-refractivity contribution is -0.120. The molecule has 0 aromatic heterocycles. The van der Waals surface area contributed by atoms with Crippen molar-refractivity contribution in [1.82, 2.24) is 5.32 Å². The van der Waals surface area contributed by atoms with Gasteiger partial charge in [-0.25, -0.2) is 12.8 Å². The van der Waals surface area contributed by atoms with Gasteiger partial charge in [0.25, 0.3) is 0 Å². The molecule has 0 aliphatic carbocycles. The van der Waals surface area contributed by atoms with E-state index in [1.54, 1.807) is 0 Å². The second-order valence-electron chi connectivity index (χ2n) is 7.95. The number of hydrogen-bond acceptors (Lipinski definition) is 4. The van der Waals surface area contributed by atoms with Gasteiger partial charge in [-0.2, -0.15) is 0 Å². The third-order valence-electron chi connectivity index (χ3n) is 4.77. The van der Waals surface area contributed by atoms with Crippen molar-refractivity contribution >= 4 is 21.6 Å². The van der Waals surface area contributed by atoms with Crippen molar-refractivity contribution in [3.8, 4) is 5.75 Å². The van der Waals surface area contributed by atoms with Crippen LogP contribution in [0.4, 0.5) is 10.1 Å². The summed E-state index contributed by atoms with van der Waals surface area (Å²) in [4.78, 5) is 12.8. The Bertz CT molecular complexity index is 1040. The first kappa shape index (κ1) is 21.1. The molecule has 8 heteroatoms. The Labute approximate surface area is 170 Å². The largest absolute Gasteiger partial charge is 0.487 e. The Morgan fingerprint density at radius 1 is 1.28 bits per heavy atom. The van der Waals surface area contributed by atoms with Crippen LogP contribution in [0.1, 0.15) is 37.4 Å². The second-order valence-corrected chi connectivity index (χ2v) is 9.86. The number of fused-ring (bicyclic) bond motifs is 1. The predicted octanol–water partition coefficient (Wildman–Crippen LogP) is 3.32. The van der Waals surface area contributed by atoms with Gasteiger partial charge in [0.1, 0.15) is 23.7 Å². The quantitative estimate of drug-likeness (QED) is 0.805. The highest BCUT2D eigenvalue weighted by Crippen LogP contribution is 2.39. The summed E-state index contributed by atoms with van der Waals surface area (Å²) in [5.41, 5.74) is 1.21. The molecule has 0 saturated heterocycles. The zero-order valence-corrected chi connectivity index (χ0v) is 17.7.